The number of alkyl halides is 3. The van der Waals surface area contributed by atoms with Gasteiger partial charge in [0.05, 0.1) is 22.4 Å². The van der Waals surface area contributed by atoms with Crippen LogP contribution in [0.25, 0.3) is 0 Å². The summed E-state index contributed by atoms with van der Waals surface area (Å²) in [6.07, 6.45) is -3.64. The van der Waals surface area contributed by atoms with E-state index in [4.69, 9.17) is 0 Å². The number of carbonyl (C=O) groups is 1. The first kappa shape index (κ1) is 29.0. The summed E-state index contributed by atoms with van der Waals surface area (Å²) in [5.74, 6) is -0.658. The summed E-state index contributed by atoms with van der Waals surface area (Å²) in [7, 11) is -8.08. The summed E-state index contributed by atoms with van der Waals surface area (Å²) >= 11 is 0. The zero-order chi connectivity index (χ0) is 28.5. The Bertz CT molecular complexity index is 1560. The van der Waals surface area contributed by atoms with Crippen LogP contribution >= 0.6 is 0 Å². The molecule has 0 aliphatic carbocycles. The summed E-state index contributed by atoms with van der Waals surface area (Å²) in [5.41, 5.74) is 0.740. The van der Waals surface area contributed by atoms with E-state index in [1.165, 1.54) is 25.1 Å². The van der Waals surface area contributed by atoms with E-state index >= 15 is 0 Å². The fourth-order valence-corrected chi connectivity index (χ4v) is 5.95. The third-order valence-corrected chi connectivity index (χ3v) is 8.19. The molecule has 0 aromatic heterocycles. The van der Waals surface area contributed by atoms with Crippen molar-refractivity contribution in [3.63, 3.8) is 0 Å². The molecule has 3 aromatic rings. The van der Waals surface area contributed by atoms with Crippen LogP contribution in [0.1, 0.15) is 23.6 Å². The van der Waals surface area contributed by atoms with Gasteiger partial charge in [-0.15, -0.1) is 0 Å². The van der Waals surface area contributed by atoms with Crippen LogP contribution in [0.3, 0.4) is 0 Å². The van der Waals surface area contributed by atoms with Gasteiger partial charge < -0.3 is 5.32 Å². The smallest absolute Gasteiger partial charge is 0.324 e. The van der Waals surface area contributed by atoms with Gasteiger partial charge in [0.25, 0.3) is 10.0 Å². The minimum atomic E-state index is -4.64. The molecular formula is C25H26F3N3O5S2. The maximum atomic E-state index is 13.0. The second kappa shape index (κ2) is 10.7. The Balaban J connectivity index is 1.79. The van der Waals surface area contributed by atoms with E-state index in [0.29, 0.717) is 17.3 Å². The van der Waals surface area contributed by atoms with E-state index in [2.05, 4.69) is 10.0 Å². The molecule has 0 unspecified atom stereocenters. The molecule has 0 bridgehead atoms. The molecule has 3 rings (SSSR count). The highest BCUT2D eigenvalue weighted by Crippen LogP contribution is 2.31. The lowest BCUT2D eigenvalue weighted by Gasteiger charge is -2.29. The Morgan fingerprint density at radius 3 is 2.11 bits per heavy atom. The number of rotatable bonds is 8. The maximum Gasteiger partial charge on any atom is 0.416 e. The third-order valence-electron chi connectivity index (χ3n) is 5.56. The Morgan fingerprint density at radius 1 is 0.895 bits per heavy atom. The molecular weight excluding hydrogens is 543 g/mol. The van der Waals surface area contributed by atoms with Gasteiger partial charge in [-0.2, -0.15) is 13.2 Å². The van der Waals surface area contributed by atoms with Crippen molar-refractivity contribution in [1.29, 1.82) is 0 Å². The van der Waals surface area contributed by atoms with Crippen LogP contribution in [-0.2, 0) is 31.0 Å². The van der Waals surface area contributed by atoms with Crippen molar-refractivity contribution in [2.45, 2.75) is 37.9 Å². The summed E-state index contributed by atoms with van der Waals surface area (Å²) in [4.78, 5) is 12.7. The van der Waals surface area contributed by atoms with Crippen LogP contribution < -0.4 is 14.3 Å². The van der Waals surface area contributed by atoms with Crippen LogP contribution in [0.5, 0.6) is 0 Å². The molecule has 2 N–H and O–H groups in total. The number of nitrogens with zero attached hydrogens (tertiary/aromatic N) is 1. The van der Waals surface area contributed by atoms with Gasteiger partial charge in [-0.05, 0) is 80.4 Å². The van der Waals surface area contributed by atoms with Crippen molar-refractivity contribution in [3.8, 4) is 0 Å². The van der Waals surface area contributed by atoms with Gasteiger partial charge in [0.15, 0.2) is 0 Å². The van der Waals surface area contributed by atoms with Crippen LogP contribution in [0.4, 0.5) is 30.2 Å². The molecule has 3 aromatic carbocycles. The number of hydrogen-bond acceptors (Lipinski definition) is 5. The van der Waals surface area contributed by atoms with E-state index in [1.54, 1.807) is 26.0 Å². The number of aryl methyl sites for hydroxylation is 2. The maximum absolute atomic E-state index is 13.0. The van der Waals surface area contributed by atoms with Gasteiger partial charge >= 0.3 is 6.18 Å². The molecule has 38 heavy (non-hydrogen) atoms. The molecule has 0 spiro atoms. The molecule has 0 fully saturated rings. The fraction of sp³-hybridized carbons (Fsp3) is 0.240. The molecule has 204 valence electrons. The predicted octanol–water partition coefficient (Wildman–Crippen LogP) is 4.92. The minimum Gasteiger partial charge on any atom is -0.324 e. The van der Waals surface area contributed by atoms with Crippen molar-refractivity contribution in [2.75, 3.05) is 20.6 Å². The van der Waals surface area contributed by atoms with Gasteiger partial charge in [0, 0.05) is 11.4 Å². The first-order valence-corrected chi connectivity index (χ1v) is 14.5. The topological polar surface area (TPSA) is 113 Å². The SMILES string of the molecule is Cc1ccc(C)c(N([C@H](C)C(=O)Nc2ccc(S(=O)(=O)Nc3cccc(C(F)(F)F)c3)cc2)S(C)(=O)=O)c1. The van der Waals surface area contributed by atoms with E-state index in [-0.39, 0.29) is 16.3 Å². The molecule has 0 saturated heterocycles. The minimum absolute atomic E-state index is 0.189. The van der Waals surface area contributed by atoms with Crippen LogP contribution in [0.15, 0.2) is 71.6 Å². The van der Waals surface area contributed by atoms with Crippen LogP contribution in [0, 0.1) is 13.8 Å². The van der Waals surface area contributed by atoms with Crippen molar-refractivity contribution >= 4 is 43.0 Å². The van der Waals surface area contributed by atoms with E-state index in [9.17, 15) is 34.8 Å². The quantitative estimate of drug-likeness (QED) is 0.400. The Morgan fingerprint density at radius 2 is 1.53 bits per heavy atom. The lowest BCUT2D eigenvalue weighted by molar-refractivity contribution is -0.137. The second-order valence-electron chi connectivity index (χ2n) is 8.72. The first-order chi connectivity index (χ1) is 17.5. The van der Waals surface area contributed by atoms with Gasteiger partial charge in [0.1, 0.15) is 6.04 Å². The molecule has 0 aliphatic heterocycles. The van der Waals surface area contributed by atoms with Crippen LogP contribution in [0.2, 0.25) is 0 Å². The van der Waals surface area contributed by atoms with Crippen molar-refractivity contribution < 1.29 is 34.8 Å². The molecule has 1 atom stereocenters. The highest BCUT2D eigenvalue weighted by Gasteiger charge is 2.31. The number of anilines is 3. The fourth-order valence-electron chi connectivity index (χ4n) is 3.68. The second-order valence-corrected chi connectivity index (χ2v) is 12.3. The van der Waals surface area contributed by atoms with Crippen molar-refractivity contribution in [3.05, 3.63) is 83.4 Å². The summed E-state index contributed by atoms with van der Waals surface area (Å²) in [5, 5.41) is 2.57. The van der Waals surface area contributed by atoms with Crippen molar-refractivity contribution in [1.82, 2.24) is 0 Å². The van der Waals surface area contributed by atoms with Gasteiger partial charge in [-0.3, -0.25) is 13.8 Å². The summed E-state index contributed by atoms with van der Waals surface area (Å²) in [6, 6.07) is 12.8. The highest BCUT2D eigenvalue weighted by atomic mass is 32.2. The number of benzene rings is 3. The first-order valence-electron chi connectivity index (χ1n) is 11.2. The lowest BCUT2D eigenvalue weighted by Crippen LogP contribution is -2.45. The Labute approximate surface area is 219 Å². The number of amides is 1. The zero-order valence-electron chi connectivity index (χ0n) is 20.9. The predicted molar refractivity (Wildman–Crippen MR) is 140 cm³/mol. The average molecular weight is 570 g/mol. The number of sulfonamides is 2. The number of hydrogen-bond donors (Lipinski definition) is 2. The number of carbonyl (C=O) groups excluding carboxylic acids is 1. The Hall–Kier alpha value is -3.58. The molecule has 0 heterocycles. The summed E-state index contributed by atoms with van der Waals surface area (Å²) in [6.45, 7) is 4.95. The van der Waals surface area contributed by atoms with Crippen LogP contribution in [-0.4, -0.2) is 35.0 Å². The number of halogens is 3. The van der Waals surface area contributed by atoms with E-state index in [0.717, 1.165) is 40.4 Å². The van der Waals surface area contributed by atoms with E-state index < -0.39 is 43.7 Å². The summed E-state index contributed by atoms with van der Waals surface area (Å²) < 4.78 is 92.4. The average Bonchev–Trinajstić information content (AvgIpc) is 2.80. The Kier molecular flexibility index (Phi) is 8.13. The van der Waals surface area contributed by atoms with E-state index in [1.807, 2.05) is 6.07 Å². The van der Waals surface area contributed by atoms with Gasteiger partial charge in [-0.25, -0.2) is 16.8 Å². The lowest BCUT2D eigenvalue weighted by atomic mass is 10.1. The molecule has 13 heteroatoms. The molecule has 8 nitrogen and oxygen atoms in total. The standard InChI is InChI=1S/C25H26F3N3O5S2/c1-16-8-9-17(2)23(14-16)31(37(4,33)34)18(3)24(32)29-20-10-12-22(13-11-20)38(35,36)30-21-7-5-6-19(15-21)25(26,27)28/h5-15,18,30H,1-4H3,(H,29,32)/t18-/m1/s1. The molecule has 0 aliphatic rings. The van der Waals surface area contributed by atoms with Gasteiger partial charge in [-0.1, -0.05) is 18.2 Å². The molecule has 0 radical (unpaired) electrons. The molecule has 1 amide bonds. The monoisotopic (exact) mass is 569 g/mol. The normalized spacial score (nSPS) is 13.0. The zero-order valence-corrected chi connectivity index (χ0v) is 22.5. The highest BCUT2D eigenvalue weighted by molar-refractivity contribution is 7.92. The van der Waals surface area contributed by atoms with Gasteiger partial charge in [0.2, 0.25) is 15.9 Å². The third kappa shape index (κ3) is 6.84. The largest absolute Gasteiger partial charge is 0.416 e. The van der Waals surface area contributed by atoms with Crippen molar-refractivity contribution in [2.24, 2.45) is 0 Å². The molecule has 0 saturated carbocycles. The number of nitrogens with one attached hydrogen (secondary N) is 2.